The largest absolute Gasteiger partial charge is 0.342 e. The van der Waals surface area contributed by atoms with Gasteiger partial charge in [-0.05, 0) is 49.8 Å². The minimum absolute atomic E-state index is 0.153. The summed E-state index contributed by atoms with van der Waals surface area (Å²) >= 11 is 5.02. The summed E-state index contributed by atoms with van der Waals surface area (Å²) in [6.45, 7) is 3.84. The zero-order valence-electron chi connectivity index (χ0n) is 14.0. The summed E-state index contributed by atoms with van der Waals surface area (Å²) in [7, 11) is 0. The molecule has 0 radical (unpaired) electrons. The van der Waals surface area contributed by atoms with E-state index in [1.807, 2.05) is 32.0 Å². The van der Waals surface area contributed by atoms with Crippen molar-refractivity contribution in [2.75, 3.05) is 6.61 Å². The van der Waals surface area contributed by atoms with E-state index >= 15 is 0 Å². The molecule has 2 rings (SSSR count). The standard InChI is InChI=1S/C9H13N.C9H13O2PS/c1-7-3-5-9(6-4-7)8(2)10;1-2-8-11-12(10,13)9-6-4-3-5-7-9/h3-6,8H,10H2,1-2H3;3-7H,2,8H2,1H3,(H,10,13)/t8-;/m0./s1. The van der Waals surface area contributed by atoms with Gasteiger partial charge in [-0.25, -0.2) is 0 Å². The van der Waals surface area contributed by atoms with E-state index in [9.17, 15) is 4.89 Å². The van der Waals surface area contributed by atoms with Crippen LogP contribution in [0.4, 0.5) is 0 Å². The van der Waals surface area contributed by atoms with E-state index in [2.05, 4.69) is 31.2 Å². The maximum atomic E-state index is 9.82. The van der Waals surface area contributed by atoms with Gasteiger partial charge in [0.1, 0.15) is 0 Å². The van der Waals surface area contributed by atoms with Crippen LogP contribution >= 0.6 is 6.49 Å². The predicted molar refractivity (Wildman–Crippen MR) is 103 cm³/mol. The molecule has 2 atom stereocenters. The molecule has 23 heavy (non-hydrogen) atoms. The third-order valence-electron chi connectivity index (χ3n) is 3.16. The van der Waals surface area contributed by atoms with Gasteiger partial charge in [0.25, 0.3) is 0 Å². The first kappa shape index (κ1) is 20.0. The van der Waals surface area contributed by atoms with Crippen LogP contribution in [0.5, 0.6) is 0 Å². The van der Waals surface area contributed by atoms with Gasteiger partial charge in [-0.3, -0.25) is 0 Å². The minimum atomic E-state index is -2.73. The maximum Gasteiger partial charge on any atom is 0.216 e. The van der Waals surface area contributed by atoms with Crippen molar-refractivity contribution in [1.29, 1.82) is 0 Å². The molecule has 3 nitrogen and oxygen atoms in total. The Bertz CT molecular complexity index is 615. The summed E-state index contributed by atoms with van der Waals surface area (Å²) in [4.78, 5) is 9.82. The fourth-order valence-electron chi connectivity index (χ4n) is 1.78. The van der Waals surface area contributed by atoms with Gasteiger partial charge in [-0.1, -0.05) is 55.0 Å². The second-order valence-corrected chi connectivity index (χ2v) is 8.69. The highest BCUT2D eigenvalue weighted by atomic mass is 32.5. The Balaban J connectivity index is 0.000000238. The first-order chi connectivity index (χ1) is 10.9. The SMILES string of the molecule is CCCOP(O)(=S)c1ccccc1.Cc1ccc([C@H](C)N)cc1. The topological polar surface area (TPSA) is 55.5 Å². The fourth-order valence-corrected chi connectivity index (χ4v) is 3.49. The van der Waals surface area contributed by atoms with Crippen LogP contribution in [0.25, 0.3) is 0 Å². The van der Waals surface area contributed by atoms with Crippen molar-refractivity contribution in [3.63, 3.8) is 0 Å². The Hall–Kier alpha value is -1.03. The Kier molecular flexibility index (Phi) is 8.67. The van der Waals surface area contributed by atoms with Gasteiger partial charge >= 0.3 is 0 Å². The molecule has 3 N–H and O–H groups in total. The third kappa shape index (κ3) is 7.38. The number of hydrogen-bond donors (Lipinski definition) is 2. The normalized spacial score (nSPS) is 14.3. The highest BCUT2D eigenvalue weighted by molar-refractivity contribution is 8.13. The van der Waals surface area contributed by atoms with Gasteiger partial charge in [0.05, 0.1) is 6.61 Å². The molecular weight excluding hydrogens is 325 g/mol. The summed E-state index contributed by atoms with van der Waals surface area (Å²) in [5.74, 6) is 0. The van der Waals surface area contributed by atoms with E-state index < -0.39 is 6.49 Å². The van der Waals surface area contributed by atoms with Gasteiger partial charge in [0.15, 0.2) is 0 Å². The molecule has 2 aromatic rings. The molecule has 0 aliphatic heterocycles. The highest BCUT2D eigenvalue weighted by Gasteiger charge is 2.15. The second kappa shape index (κ2) is 9.96. The Labute approximate surface area is 144 Å². The lowest BCUT2D eigenvalue weighted by atomic mass is 10.1. The second-order valence-electron chi connectivity index (χ2n) is 5.39. The molecule has 0 saturated heterocycles. The first-order valence-electron chi connectivity index (χ1n) is 7.72. The number of hydrogen-bond acceptors (Lipinski definition) is 3. The van der Waals surface area contributed by atoms with Crippen molar-refractivity contribution in [1.82, 2.24) is 0 Å². The van der Waals surface area contributed by atoms with E-state index in [1.165, 1.54) is 11.1 Å². The molecule has 0 saturated carbocycles. The van der Waals surface area contributed by atoms with Crippen LogP contribution in [0, 0.1) is 6.92 Å². The molecule has 126 valence electrons. The molecule has 0 aromatic heterocycles. The van der Waals surface area contributed by atoms with Gasteiger partial charge in [0.2, 0.25) is 6.49 Å². The Morgan fingerprint density at radius 2 is 1.70 bits per heavy atom. The van der Waals surface area contributed by atoms with Gasteiger partial charge < -0.3 is 15.2 Å². The summed E-state index contributed by atoms with van der Waals surface area (Å²) < 4.78 is 5.25. The zero-order chi connectivity index (χ0) is 17.3. The summed E-state index contributed by atoms with van der Waals surface area (Å²) in [5, 5.41) is 0.721. The molecule has 5 heteroatoms. The van der Waals surface area contributed by atoms with E-state index in [0.717, 1.165) is 11.7 Å². The van der Waals surface area contributed by atoms with Crippen LogP contribution in [-0.4, -0.2) is 11.5 Å². The highest BCUT2D eigenvalue weighted by Crippen LogP contribution is 2.40. The molecule has 0 spiro atoms. The predicted octanol–water partition coefficient (Wildman–Crippen LogP) is 4.06. The summed E-state index contributed by atoms with van der Waals surface area (Å²) in [6, 6.07) is 17.6. The Morgan fingerprint density at radius 3 is 2.17 bits per heavy atom. The Morgan fingerprint density at radius 1 is 1.13 bits per heavy atom. The summed E-state index contributed by atoms with van der Waals surface area (Å²) in [5.41, 5.74) is 8.15. The average molecular weight is 351 g/mol. The average Bonchev–Trinajstić information content (AvgIpc) is 2.55. The number of rotatable bonds is 5. The third-order valence-corrected chi connectivity index (χ3v) is 5.59. The lowest BCUT2D eigenvalue weighted by molar-refractivity contribution is 0.314. The molecule has 0 aliphatic carbocycles. The van der Waals surface area contributed by atoms with Gasteiger partial charge in [0, 0.05) is 11.3 Å². The number of benzene rings is 2. The number of aryl methyl sites for hydroxylation is 1. The quantitative estimate of drug-likeness (QED) is 0.798. The van der Waals surface area contributed by atoms with E-state index in [-0.39, 0.29) is 6.04 Å². The maximum absolute atomic E-state index is 9.82. The molecule has 0 bridgehead atoms. The molecule has 0 heterocycles. The molecule has 0 aliphatic rings. The molecule has 1 unspecified atom stereocenters. The van der Waals surface area contributed by atoms with Crippen LogP contribution in [-0.2, 0) is 16.3 Å². The van der Waals surface area contributed by atoms with E-state index in [1.54, 1.807) is 12.1 Å². The van der Waals surface area contributed by atoms with Crippen LogP contribution in [0.3, 0.4) is 0 Å². The van der Waals surface area contributed by atoms with Crippen LogP contribution in [0.2, 0.25) is 0 Å². The molecule has 2 aromatic carbocycles. The monoisotopic (exact) mass is 351 g/mol. The van der Waals surface area contributed by atoms with Crippen LogP contribution < -0.4 is 11.0 Å². The van der Waals surface area contributed by atoms with Crippen LogP contribution in [0.15, 0.2) is 54.6 Å². The lowest BCUT2D eigenvalue weighted by Crippen LogP contribution is -2.06. The molecule has 0 amide bonds. The first-order valence-corrected chi connectivity index (χ1v) is 10.4. The van der Waals surface area contributed by atoms with Crippen molar-refractivity contribution in [3.05, 3.63) is 65.7 Å². The van der Waals surface area contributed by atoms with Crippen molar-refractivity contribution < 1.29 is 9.42 Å². The van der Waals surface area contributed by atoms with E-state index in [0.29, 0.717) is 6.61 Å². The molecule has 0 fully saturated rings. The lowest BCUT2D eigenvalue weighted by Gasteiger charge is -2.14. The van der Waals surface area contributed by atoms with E-state index in [4.69, 9.17) is 22.1 Å². The number of nitrogens with two attached hydrogens (primary N) is 1. The fraction of sp³-hybridized carbons (Fsp3) is 0.333. The molecular formula is C18H26NO2PS. The summed E-state index contributed by atoms with van der Waals surface area (Å²) in [6.07, 6.45) is 0.867. The van der Waals surface area contributed by atoms with Crippen molar-refractivity contribution in [2.45, 2.75) is 33.2 Å². The van der Waals surface area contributed by atoms with Crippen molar-refractivity contribution in [2.24, 2.45) is 5.73 Å². The minimum Gasteiger partial charge on any atom is -0.342 e. The zero-order valence-corrected chi connectivity index (χ0v) is 15.7. The van der Waals surface area contributed by atoms with Gasteiger partial charge in [-0.2, -0.15) is 0 Å². The van der Waals surface area contributed by atoms with Gasteiger partial charge in [-0.15, -0.1) is 0 Å². The smallest absolute Gasteiger partial charge is 0.216 e. The van der Waals surface area contributed by atoms with Crippen molar-refractivity contribution in [3.8, 4) is 0 Å². The van der Waals surface area contributed by atoms with Crippen LogP contribution in [0.1, 0.15) is 37.4 Å². The van der Waals surface area contributed by atoms with Crippen molar-refractivity contribution >= 4 is 23.6 Å².